The number of allylic oxidation sites excluding steroid dienone is 4. The summed E-state index contributed by atoms with van der Waals surface area (Å²) in [4.78, 5) is 14.4. The van der Waals surface area contributed by atoms with Crippen molar-refractivity contribution in [2.24, 2.45) is 4.99 Å². The molecule has 0 spiro atoms. The first kappa shape index (κ1) is 5.95. The van der Waals surface area contributed by atoms with Crippen molar-refractivity contribution in [1.29, 1.82) is 0 Å². The zero-order valence-electron chi connectivity index (χ0n) is 5.16. The Bertz CT molecular complexity index is 193. The van der Waals surface area contributed by atoms with Crippen LogP contribution in [0.5, 0.6) is 0 Å². The topological polar surface area (TPSA) is 29.4 Å². The minimum absolute atomic E-state index is 0.0300. The third-order valence-electron chi connectivity index (χ3n) is 1.09. The number of aliphatic imine (C=N–C) groups is 1. The maximum Gasteiger partial charge on any atom is 0.178 e. The van der Waals surface area contributed by atoms with E-state index in [9.17, 15) is 4.79 Å². The summed E-state index contributed by atoms with van der Waals surface area (Å²) >= 11 is 0. The third kappa shape index (κ3) is 1.35. The van der Waals surface area contributed by atoms with Crippen LogP contribution in [-0.2, 0) is 4.79 Å². The van der Waals surface area contributed by atoms with Crippen molar-refractivity contribution in [2.75, 3.05) is 7.05 Å². The van der Waals surface area contributed by atoms with E-state index in [1.165, 1.54) is 12.2 Å². The van der Waals surface area contributed by atoms with Crippen molar-refractivity contribution < 1.29 is 4.79 Å². The van der Waals surface area contributed by atoms with Gasteiger partial charge >= 0.3 is 0 Å². The number of carbonyl (C=O) groups is 1. The fraction of sp³-hybridized carbons (Fsp3) is 0.143. The second-order valence-electron chi connectivity index (χ2n) is 1.72. The molecule has 0 aromatic heterocycles. The van der Waals surface area contributed by atoms with E-state index in [4.69, 9.17) is 0 Å². The van der Waals surface area contributed by atoms with Gasteiger partial charge in [0.1, 0.15) is 0 Å². The molecule has 0 bridgehead atoms. The van der Waals surface area contributed by atoms with E-state index < -0.39 is 0 Å². The normalized spacial score (nSPS) is 16.6. The average molecular weight is 121 g/mol. The van der Waals surface area contributed by atoms with Gasteiger partial charge in [0.15, 0.2) is 5.78 Å². The van der Waals surface area contributed by atoms with E-state index in [-0.39, 0.29) is 5.78 Å². The summed E-state index contributed by atoms with van der Waals surface area (Å²) in [6.07, 6.45) is 6.40. The first-order chi connectivity index (χ1) is 4.33. The van der Waals surface area contributed by atoms with Gasteiger partial charge in [-0.3, -0.25) is 9.79 Å². The lowest BCUT2D eigenvalue weighted by molar-refractivity contribution is -0.110. The lowest BCUT2D eigenvalue weighted by atomic mass is 10.2. The van der Waals surface area contributed by atoms with Gasteiger partial charge in [-0.2, -0.15) is 0 Å². The molecule has 0 radical (unpaired) electrons. The predicted molar refractivity (Wildman–Crippen MR) is 36.6 cm³/mol. The van der Waals surface area contributed by atoms with Crippen LogP contribution in [0.2, 0.25) is 0 Å². The molecule has 0 fully saturated rings. The average Bonchev–Trinajstić information content (AvgIpc) is 1.90. The van der Waals surface area contributed by atoms with Gasteiger partial charge in [0.05, 0.1) is 5.71 Å². The molecule has 46 valence electrons. The lowest BCUT2D eigenvalue weighted by Crippen LogP contribution is -1.98. The molecule has 2 heteroatoms. The second kappa shape index (κ2) is 2.40. The van der Waals surface area contributed by atoms with E-state index in [2.05, 4.69) is 4.99 Å². The summed E-state index contributed by atoms with van der Waals surface area (Å²) in [5, 5.41) is 0. The molecule has 1 aliphatic carbocycles. The zero-order chi connectivity index (χ0) is 6.69. The van der Waals surface area contributed by atoms with Crippen LogP contribution < -0.4 is 0 Å². The molecule has 1 rings (SSSR count). The molecule has 0 atom stereocenters. The highest BCUT2D eigenvalue weighted by molar-refractivity contribution is 6.16. The molecule has 0 saturated heterocycles. The molecule has 0 aromatic rings. The fourth-order valence-electron chi connectivity index (χ4n) is 0.595. The minimum atomic E-state index is 0.0300. The van der Waals surface area contributed by atoms with Crippen LogP contribution in [-0.4, -0.2) is 18.5 Å². The maximum absolute atomic E-state index is 10.5. The number of rotatable bonds is 0. The molecular weight excluding hydrogens is 114 g/mol. The monoisotopic (exact) mass is 121 g/mol. The van der Waals surface area contributed by atoms with Crippen LogP contribution in [0.15, 0.2) is 29.3 Å². The van der Waals surface area contributed by atoms with E-state index in [1.807, 2.05) is 0 Å². The SMILES string of the molecule is CN=C1C=CC(=O)C=C1. The largest absolute Gasteiger partial charge is 0.290 e. The molecule has 0 saturated carbocycles. The van der Waals surface area contributed by atoms with Gasteiger partial charge < -0.3 is 0 Å². The summed E-state index contributed by atoms with van der Waals surface area (Å²) in [6, 6.07) is 0. The Kier molecular flexibility index (Phi) is 1.58. The van der Waals surface area contributed by atoms with E-state index in [0.29, 0.717) is 0 Å². The minimum Gasteiger partial charge on any atom is -0.290 e. The van der Waals surface area contributed by atoms with Crippen LogP contribution in [0.4, 0.5) is 0 Å². The van der Waals surface area contributed by atoms with Crippen molar-refractivity contribution in [3.8, 4) is 0 Å². The molecule has 2 nitrogen and oxygen atoms in total. The van der Waals surface area contributed by atoms with E-state index >= 15 is 0 Å². The van der Waals surface area contributed by atoms with Gasteiger partial charge in [0.2, 0.25) is 0 Å². The third-order valence-corrected chi connectivity index (χ3v) is 1.09. The fourth-order valence-corrected chi connectivity index (χ4v) is 0.595. The standard InChI is InChI=1S/C7H7NO/c1-8-6-2-4-7(9)5-3-6/h2-5H,1H3. The number of carbonyl (C=O) groups excluding carboxylic acids is 1. The molecule has 0 aliphatic heterocycles. The summed E-state index contributed by atoms with van der Waals surface area (Å²) in [6.45, 7) is 0. The Morgan fingerprint density at radius 2 is 1.78 bits per heavy atom. The van der Waals surface area contributed by atoms with Crippen molar-refractivity contribution in [3.05, 3.63) is 24.3 Å². The van der Waals surface area contributed by atoms with E-state index in [0.717, 1.165) is 5.71 Å². The highest BCUT2D eigenvalue weighted by atomic mass is 16.1. The molecule has 0 N–H and O–H groups in total. The van der Waals surface area contributed by atoms with Crippen LogP contribution in [0.1, 0.15) is 0 Å². The van der Waals surface area contributed by atoms with E-state index in [1.54, 1.807) is 19.2 Å². The summed E-state index contributed by atoms with van der Waals surface area (Å²) < 4.78 is 0. The van der Waals surface area contributed by atoms with Crippen LogP contribution >= 0.6 is 0 Å². The Labute approximate surface area is 53.6 Å². The van der Waals surface area contributed by atoms with Crippen LogP contribution in [0.3, 0.4) is 0 Å². The Morgan fingerprint density at radius 1 is 1.22 bits per heavy atom. The smallest absolute Gasteiger partial charge is 0.178 e. The molecule has 0 amide bonds. The van der Waals surface area contributed by atoms with Crippen molar-refractivity contribution in [3.63, 3.8) is 0 Å². The molecular formula is C7H7NO. The van der Waals surface area contributed by atoms with Gasteiger partial charge in [-0.15, -0.1) is 0 Å². The Morgan fingerprint density at radius 3 is 2.22 bits per heavy atom. The molecule has 0 heterocycles. The summed E-state index contributed by atoms with van der Waals surface area (Å²) in [5.41, 5.74) is 0.842. The highest BCUT2D eigenvalue weighted by Crippen LogP contribution is 1.93. The number of hydrogen-bond donors (Lipinski definition) is 0. The lowest BCUT2D eigenvalue weighted by Gasteiger charge is -1.93. The molecule has 0 unspecified atom stereocenters. The van der Waals surface area contributed by atoms with Gasteiger partial charge in [-0.05, 0) is 24.3 Å². The Hall–Kier alpha value is -1.18. The van der Waals surface area contributed by atoms with Gasteiger partial charge in [0, 0.05) is 7.05 Å². The first-order valence-electron chi connectivity index (χ1n) is 2.70. The molecule has 0 aromatic carbocycles. The first-order valence-corrected chi connectivity index (χ1v) is 2.70. The summed E-state index contributed by atoms with van der Waals surface area (Å²) in [5.74, 6) is 0.0300. The van der Waals surface area contributed by atoms with Crippen molar-refractivity contribution in [2.45, 2.75) is 0 Å². The van der Waals surface area contributed by atoms with Crippen molar-refractivity contribution >= 4 is 11.5 Å². The molecule has 1 aliphatic rings. The maximum atomic E-state index is 10.5. The second-order valence-corrected chi connectivity index (χ2v) is 1.72. The van der Waals surface area contributed by atoms with Gasteiger partial charge in [0.25, 0.3) is 0 Å². The predicted octanol–water partition coefficient (Wildman–Crippen LogP) is 0.752. The number of nitrogens with zero attached hydrogens (tertiary/aromatic N) is 1. The number of ketones is 1. The zero-order valence-corrected chi connectivity index (χ0v) is 5.16. The molecule has 9 heavy (non-hydrogen) atoms. The van der Waals surface area contributed by atoms with Crippen molar-refractivity contribution in [1.82, 2.24) is 0 Å². The highest BCUT2D eigenvalue weighted by Gasteiger charge is 1.96. The van der Waals surface area contributed by atoms with Crippen LogP contribution in [0, 0.1) is 0 Å². The van der Waals surface area contributed by atoms with Gasteiger partial charge in [-0.1, -0.05) is 0 Å². The summed E-state index contributed by atoms with van der Waals surface area (Å²) in [7, 11) is 1.69. The van der Waals surface area contributed by atoms with Gasteiger partial charge in [-0.25, -0.2) is 0 Å². The number of hydrogen-bond acceptors (Lipinski definition) is 2. The Balaban J connectivity index is 2.82. The van der Waals surface area contributed by atoms with Crippen LogP contribution in [0.25, 0.3) is 0 Å². The quantitative estimate of drug-likeness (QED) is 0.435.